The van der Waals surface area contributed by atoms with Crippen LogP contribution in [0.25, 0.3) is 52.9 Å². The van der Waals surface area contributed by atoms with Gasteiger partial charge in [0, 0.05) is 49.7 Å². The molecule has 4 aromatic heterocycles. The van der Waals surface area contributed by atoms with E-state index in [9.17, 15) is 0 Å². The lowest BCUT2D eigenvalue weighted by Gasteiger charge is -2.09. The van der Waals surface area contributed by atoms with Crippen molar-refractivity contribution in [3.8, 4) is 53.4 Å². The van der Waals surface area contributed by atoms with Crippen molar-refractivity contribution in [3.05, 3.63) is 78.5 Å². The van der Waals surface area contributed by atoms with Crippen molar-refractivity contribution < 1.29 is 18.3 Å². The highest BCUT2D eigenvalue weighted by molar-refractivity contribution is 7.19. The van der Waals surface area contributed by atoms with Crippen LogP contribution in [0.1, 0.15) is 27.7 Å². The van der Waals surface area contributed by atoms with Crippen molar-refractivity contribution in [2.75, 3.05) is 13.2 Å². The summed E-state index contributed by atoms with van der Waals surface area (Å²) < 4.78 is 50.5. The molecule has 0 fully saturated rings. The van der Waals surface area contributed by atoms with Crippen LogP contribution in [-0.2, 0) is 0 Å². The SMILES string of the molecule is CC(C)COc1ccc(-c2ccc(-c3cnc(-c4ccc(-c5ccc(OCC(C)C)cc5F)s4)c4nsnc34)s2)c(F)c1. The number of pyridine rings is 1. The third-order valence-electron chi connectivity index (χ3n) is 6.58. The number of rotatable bonds is 10. The molecule has 0 saturated carbocycles. The number of fused-ring (bicyclic) bond motifs is 1. The van der Waals surface area contributed by atoms with E-state index in [-0.39, 0.29) is 11.6 Å². The summed E-state index contributed by atoms with van der Waals surface area (Å²) in [4.78, 5) is 8.14. The molecule has 0 spiro atoms. The number of nitrogens with zero attached hydrogens (tertiary/aromatic N) is 3. The molecule has 0 N–H and O–H groups in total. The highest BCUT2D eigenvalue weighted by Gasteiger charge is 2.19. The molecular weight excluding hydrogens is 605 g/mol. The molecule has 0 bridgehead atoms. The first-order valence-corrected chi connectivity index (χ1v) is 16.3. The Morgan fingerprint density at radius 1 is 0.628 bits per heavy atom. The van der Waals surface area contributed by atoms with E-state index in [0.29, 0.717) is 58.9 Å². The maximum atomic E-state index is 15.0. The van der Waals surface area contributed by atoms with Gasteiger partial charge < -0.3 is 9.47 Å². The number of ether oxygens (including phenoxy) is 2. The van der Waals surface area contributed by atoms with Crippen LogP contribution < -0.4 is 9.47 Å². The molecule has 0 atom stereocenters. The van der Waals surface area contributed by atoms with Crippen LogP contribution in [0.2, 0.25) is 0 Å². The van der Waals surface area contributed by atoms with Gasteiger partial charge in [-0.05, 0) is 60.4 Å². The zero-order valence-corrected chi connectivity index (χ0v) is 26.5. The first-order chi connectivity index (χ1) is 20.8. The number of thiophene rings is 2. The molecule has 6 rings (SSSR count). The van der Waals surface area contributed by atoms with Gasteiger partial charge >= 0.3 is 0 Å². The molecule has 0 saturated heterocycles. The van der Waals surface area contributed by atoms with E-state index in [1.807, 2.05) is 24.3 Å². The minimum atomic E-state index is -0.332. The second-order valence-electron chi connectivity index (χ2n) is 11.0. The van der Waals surface area contributed by atoms with E-state index in [1.165, 1.54) is 34.8 Å². The van der Waals surface area contributed by atoms with Crippen molar-refractivity contribution in [1.82, 2.24) is 13.7 Å². The molecule has 2 aromatic carbocycles. The monoisotopic (exact) mass is 633 g/mol. The Morgan fingerprint density at radius 3 is 1.65 bits per heavy atom. The van der Waals surface area contributed by atoms with Crippen LogP contribution in [-0.4, -0.2) is 26.9 Å². The third-order valence-corrected chi connectivity index (χ3v) is 9.39. The Bertz CT molecular complexity index is 1760. The molecule has 5 nitrogen and oxygen atoms in total. The molecule has 220 valence electrons. The van der Waals surface area contributed by atoms with Gasteiger partial charge in [-0.25, -0.2) is 8.78 Å². The second-order valence-corrected chi connectivity index (χ2v) is 13.7. The third kappa shape index (κ3) is 6.32. The topological polar surface area (TPSA) is 57.1 Å². The van der Waals surface area contributed by atoms with Crippen molar-refractivity contribution in [2.24, 2.45) is 11.8 Å². The smallest absolute Gasteiger partial charge is 0.135 e. The standard InChI is InChI=1S/C33H29F2N3O2S3/c1-18(2)16-39-20-5-7-22(25(34)13-20)27-9-10-29(41-27)24-15-36-32(33-31(24)37-43-38-33)30-12-11-28(42-30)23-8-6-21(14-26(23)35)40-17-19(3)4/h5-15,18-19H,16-17H2,1-4H3. The summed E-state index contributed by atoms with van der Waals surface area (Å²) in [5, 5.41) is 0. The van der Waals surface area contributed by atoms with Gasteiger partial charge in [0.05, 0.1) is 29.8 Å². The Morgan fingerprint density at radius 2 is 1.12 bits per heavy atom. The van der Waals surface area contributed by atoms with Crippen LogP contribution in [0.15, 0.2) is 66.9 Å². The predicted octanol–water partition coefficient (Wildman–Crippen LogP) is 10.2. The number of hydrogen-bond donors (Lipinski definition) is 0. The van der Waals surface area contributed by atoms with Crippen LogP contribution in [0.4, 0.5) is 8.78 Å². The fourth-order valence-electron chi connectivity index (χ4n) is 4.47. The van der Waals surface area contributed by atoms with Gasteiger partial charge in [-0.15, -0.1) is 22.7 Å². The fourth-order valence-corrected chi connectivity index (χ4v) is 7.10. The molecule has 0 aliphatic carbocycles. The molecule has 0 radical (unpaired) electrons. The van der Waals surface area contributed by atoms with Crippen molar-refractivity contribution in [3.63, 3.8) is 0 Å². The van der Waals surface area contributed by atoms with Gasteiger partial charge in [0.2, 0.25) is 0 Å². The molecular formula is C33H29F2N3O2S3. The minimum Gasteiger partial charge on any atom is -0.493 e. The van der Waals surface area contributed by atoms with E-state index < -0.39 is 0 Å². The molecule has 43 heavy (non-hydrogen) atoms. The minimum absolute atomic E-state index is 0.328. The highest BCUT2D eigenvalue weighted by atomic mass is 32.1. The lowest BCUT2D eigenvalue weighted by Crippen LogP contribution is -2.04. The van der Waals surface area contributed by atoms with Gasteiger partial charge in [-0.2, -0.15) is 8.75 Å². The Hall–Kier alpha value is -3.73. The summed E-state index contributed by atoms with van der Waals surface area (Å²) in [6.45, 7) is 9.28. The first-order valence-electron chi connectivity index (χ1n) is 13.9. The average Bonchev–Trinajstić information content (AvgIpc) is 3.76. The van der Waals surface area contributed by atoms with Crippen molar-refractivity contribution in [1.29, 1.82) is 0 Å². The Balaban J connectivity index is 1.26. The summed E-state index contributed by atoms with van der Waals surface area (Å²) in [6, 6.07) is 17.7. The fraction of sp³-hybridized carbons (Fsp3) is 0.242. The maximum absolute atomic E-state index is 15.0. The van der Waals surface area contributed by atoms with E-state index >= 15 is 8.78 Å². The number of benzene rings is 2. The van der Waals surface area contributed by atoms with Gasteiger partial charge in [0.1, 0.15) is 39.9 Å². The molecule has 6 aromatic rings. The van der Waals surface area contributed by atoms with Crippen LogP contribution in [0.3, 0.4) is 0 Å². The normalized spacial score (nSPS) is 11.6. The quantitative estimate of drug-likeness (QED) is 0.150. The summed E-state index contributed by atoms with van der Waals surface area (Å²) >= 11 is 4.04. The molecule has 0 amide bonds. The van der Waals surface area contributed by atoms with E-state index in [0.717, 1.165) is 42.3 Å². The van der Waals surface area contributed by atoms with E-state index in [2.05, 4.69) is 36.4 Å². The Labute approximate surface area is 261 Å². The van der Waals surface area contributed by atoms with E-state index in [4.69, 9.17) is 14.5 Å². The molecule has 0 aliphatic heterocycles. The zero-order valence-electron chi connectivity index (χ0n) is 24.1. The summed E-state index contributed by atoms with van der Waals surface area (Å²) in [5.41, 5.74) is 3.97. The highest BCUT2D eigenvalue weighted by Crippen LogP contribution is 2.42. The van der Waals surface area contributed by atoms with E-state index in [1.54, 1.807) is 30.5 Å². The molecule has 0 unspecified atom stereocenters. The van der Waals surface area contributed by atoms with Gasteiger partial charge in [0.15, 0.2) is 0 Å². The summed E-state index contributed by atoms with van der Waals surface area (Å²) in [6.07, 6.45) is 1.79. The molecule has 0 aliphatic rings. The lowest BCUT2D eigenvalue weighted by atomic mass is 10.1. The zero-order chi connectivity index (χ0) is 30.1. The van der Waals surface area contributed by atoms with Gasteiger partial charge in [-0.1, -0.05) is 27.7 Å². The largest absolute Gasteiger partial charge is 0.493 e. The summed E-state index contributed by atoms with van der Waals surface area (Å²) in [7, 11) is 0. The number of halogens is 2. The predicted molar refractivity (Wildman–Crippen MR) is 173 cm³/mol. The number of hydrogen-bond acceptors (Lipinski definition) is 8. The van der Waals surface area contributed by atoms with Crippen LogP contribution in [0.5, 0.6) is 11.5 Å². The van der Waals surface area contributed by atoms with Crippen molar-refractivity contribution >= 4 is 45.4 Å². The van der Waals surface area contributed by atoms with Crippen molar-refractivity contribution in [2.45, 2.75) is 27.7 Å². The maximum Gasteiger partial charge on any atom is 0.135 e. The number of aromatic nitrogens is 3. The average molecular weight is 634 g/mol. The van der Waals surface area contributed by atoms with Gasteiger partial charge in [0.25, 0.3) is 0 Å². The molecule has 4 heterocycles. The second kappa shape index (κ2) is 12.5. The van der Waals surface area contributed by atoms with Crippen LogP contribution >= 0.6 is 34.4 Å². The summed E-state index contributed by atoms with van der Waals surface area (Å²) in [5.74, 6) is 1.10. The molecule has 10 heteroatoms. The lowest BCUT2D eigenvalue weighted by molar-refractivity contribution is 0.270. The first kappa shape index (κ1) is 29.3. The Kier molecular flexibility index (Phi) is 8.52. The van der Waals surface area contributed by atoms with Gasteiger partial charge in [-0.3, -0.25) is 4.98 Å². The van der Waals surface area contributed by atoms with Crippen LogP contribution in [0, 0.1) is 23.5 Å².